The summed E-state index contributed by atoms with van der Waals surface area (Å²) in [5.41, 5.74) is 1.49. The molecule has 2 amide bonds. The second kappa shape index (κ2) is 9.19. The first-order valence-electron chi connectivity index (χ1n) is 9.05. The van der Waals surface area contributed by atoms with Crippen LogP contribution in [0.4, 0.5) is 0 Å². The number of hydrogen-bond donors (Lipinski definition) is 1. The highest BCUT2D eigenvalue weighted by atomic mass is 16.5. The van der Waals surface area contributed by atoms with E-state index in [0.29, 0.717) is 31.3 Å². The minimum atomic E-state index is -0.126. The van der Waals surface area contributed by atoms with Gasteiger partial charge >= 0.3 is 0 Å². The van der Waals surface area contributed by atoms with Gasteiger partial charge < -0.3 is 19.4 Å². The first-order chi connectivity index (χ1) is 13.2. The van der Waals surface area contributed by atoms with Gasteiger partial charge in [0.1, 0.15) is 5.76 Å². The fraction of sp³-hybridized carbons (Fsp3) is 0.333. The third-order valence-corrected chi connectivity index (χ3v) is 4.31. The molecule has 1 aromatic carbocycles. The number of benzene rings is 1. The SMILES string of the molecule is COCCN(Cc1ccco1)C(=O)/C=C/c1ccc(C(=O)NC2CC2)cc1. The number of nitrogens with one attached hydrogen (secondary N) is 1. The Morgan fingerprint density at radius 1 is 1.26 bits per heavy atom. The average molecular weight is 368 g/mol. The Morgan fingerprint density at radius 2 is 2.04 bits per heavy atom. The lowest BCUT2D eigenvalue weighted by Gasteiger charge is -2.19. The molecule has 1 aliphatic rings. The topological polar surface area (TPSA) is 71.8 Å². The van der Waals surface area contributed by atoms with Crippen molar-refractivity contribution in [3.63, 3.8) is 0 Å². The van der Waals surface area contributed by atoms with Crippen LogP contribution in [0.3, 0.4) is 0 Å². The van der Waals surface area contributed by atoms with Crippen LogP contribution in [0.1, 0.15) is 34.5 Å². The molecule has 2 aromatic rings. The van der Waals surface area contributed by atoms with Gasteiger partial charge in [-0.2, -0.15) is 0 Å². The van der Waals surface area contributed by atoms with E-state index in [1.807, 2.05) is 18.2 Å². The predicted molar refractivity (Wildman–Crippen MR) is 102 cm³/mol. The van der Waals surface area contributed by atoms with E-state index in [-0.39, 0.29) is 11.8 Å². The quantitative estimate of drug-likeness (QED) is 0.691. The van der Waals surface area contributed by atoms with Crippen molar-refractivity contribution in [2.24, 2.45) is 0 Å². The molecule has 0 atom stereocenters. The van der Waals surface area contributed by atoms with Crippen molar-refractivity contribution < 1.29 is 18.7 Å². The lowest BCUT2D eigenvalue weighted by molar-refractivity contribution is -0.127. The highest BCUT2D eigenvalue weighted by molar-refractivity contribution is 5.95. The number of ether oxygens (including phenoxy) is 1. The summed E-state index contributed by atoms with van der Waals surface area (Å²) in [7, 11) is 1.60. The van der Waals surface area contributed by atoms with Crippen molar-refractivity contribution in [2.75, 3.05) is 20.3 Å². The second-order valence-corrected chi connectivity index (χ2v) is 6.54. The highest BCUT2D eigenvalue weighted by Crippen LogP contribution is 2.19. The molecule has 0 unspecified atom stereocenters. The molecule has 1 N–H and O–H groups in total. The first kappa shape index (κ1) is 18.9. The van der Waals surface area contributed by atoms with Crippen LogP contribution in [0.5, 0.6) is 0 Å². The van der Waals surface area contributed by atoms with Crippen molar-refractivity contribution >= 4 is 17.9 Å². The van der Waals surface area contributed by atoms with Crippen LogP contribution < -0.4 is 5.32 Å². The smallest absolute Gasteiger partial charge is 0.251 e. The first-order valence-corrected chi connectivity index (χ1v) is 9.05. The van der Waals surface area contributed by atoms with Crippen molar-refractivity contribution in [3.05, 3.63) is 65.6 Å². The van der Waals surface area contributed by atoms with Gasteiger partial charge in [0.2, 0.25) is 5.91 Å². The third kappa shape index (κ3) is 5.82. The molecule has 6 nitrogen and oxygen atoms in total. The van der Waals surface area contributed by atoms with E-state index in [1.165, 1.54) is 6.08 Å². The average Bonchev–Trinajstić information content (AvgIpc) is 3.35. The molecule has 1 heterocycles. The molecule has 0 saturated heterocycles. The van der Waals surface area contributed by atoms with E-state index in [0.717, 1.165) is 24.2 Å². The highest BCUT2D eigenvalue weighted by Gasteiger charge is 2.23. The lowest BCUT2D eigenvalue weighted by Crippen LogP contribution is -2.31. The molecule has 0 aliphatic heterocycles. The Kier molecular flexibility index (Phi) is 6.44. The van der Waals surface area contributed by atoms with E-state index < -0.39 is 0 Å². The molecular formula is C21H24N2O4. The van der Waals surface area contributed by atoms with Crippen molar-refractivity contribution in [3.8, 4) is 0 Å². The zero-order chi connectivity index (χ0) is 19.1. The monoisotopic (exact) mass is 368 g/mol. The molecule has 6 heteroatoms. The Balaban J connectivity index is 1.59. The molecule has 0 bridgehead atoms. The van der Waals surface area contributed by atoms with Crippen molar-refractivity contribution in [1.82, 2.24) is 10.2 Å². The van der Waals surface area contributed by atoms with Gasteiger partial charge in [0.15, 0.2) is 0 Å². The van der Waals surface area contributed by atoms with E-state index in [1.54, 1.807) is 42.5 Å². The van der Waals surface area contributed by atoms with E-state index in [9.17, 15) is 9.59 Å². The molecule has 3 rings (SSSR count). The van der Waals surface area contributed by atoms with Crippen LogP contribution in [-0.2, 0) is 16.1 Å². The Bertz CT molecular complexity index is 777. The maximum Gasteiger partial charge on any atom is 0.251 e. The number of carbonyl (C=O) groups is 2. The van der Waals surface area contributed by atoms with Crippen molar-refractivity contribution in [2.45, 2.75) is 25.4 Å². The molecule has 1 fully saturated rings. The molecular weight excluding hydrogens is 344 g/mol. The van der Waals surface area contributed by atoms with Gasteiger partial charge in [-0.05, 0) is 48.7 Å². The van der Waals surface area contributed by atoms with Crippen LogP contribution in [0, 0.1) is 0 Å². The minimum absolute atomic E-state index is 0.0479. The lowest BCUT2D eigenvalue weighted by atomic mass is 10.1. The molecule has 142 valence electrons. The van der Waals surface area contributed by atoms with Crippen LogP contribution in [0.2, 0.25) is 0 Å². The van der Waals surface area contributed by atoms with E-state index in [2.05, 4.69) is 5.32 Å². The number of carbonyl (C=O) groups excluding carboxylic acids is 2. The number of amides is 2. The maximum atomic E-state index is 12.5. The minimum Gasteiger partial charge on any atom is -0.467 e. The standard InChI is InChI=1S/C21H24N2O4/c1-26-14-12-23(15-19-3-2-13-27-19)20(24)11-6-16-4-7-17(8-5-16)21(25)22-18-9-10-18/h2-8,11,13,18H,9-10,12,14-15H2,1H3,(H,22,25)/b11-6+. The molecule has 0 radical (unpaired) electrons. The second-order valence-electron chi connectivity index (χ2n) is 6.54. The predicted octanol–water partition coefficient (Wildman–Crippen LogP) is 2.86. The number of furan rings is 1. The summed E-state index contributed by atoms with van der Waals surface area (Å²) in [6, 6.07) is 11.2. The zero-order valence-corrected chi connectivity index (χ0v) is 15.4. The van der Waals surface area contributed by atoms with Gasteiger partial charge in [0, 0.05) is 31.3 Å². The van der Waals surface area contributed by atoms with Gasteiger partial charge in [0.25, 0.3) is 5.91 Å². The summed E-state index contributed by atoms with van der Waals surface area (Å²) in [5.74, 6) is 0.547. The van der Waals surface area contributed by atoms with Gasteiger partial charge in [-0.25, -0.2) is 0 Å². The largest absolute Gasteiger partial charge is 0.467 e. The van der Waals surface area contributed by atoms with Gasteiger partial charge in [-0.15, -0.1) is 0 Å². The fourth-order valence-electron chi connectivity index (χ4n) is 2.57. The molecule has 1 saturated carbocycles. The van der Waals surface area contributed by atoms with Gasteiger partial charge in [-0.3, -0.25) is 9.59 Å². The molecule has 1 aromatic heterocycles. The van der Waals surface area contributed by atoms with Crippen LogP contribution in [0.25, 0.3) is 6.08 Å². The van der Waals surface area contributed by atoms with Crippen LogP contribution in [0.15, 0.2) is 53.2 Å². The van der Waals surface area contributed by atoms with Crippen molar-refractivity contribution in [1.29, 1.82) is 0 Å². The molecule has 0 spiro atoms. The number of methoxy groups -OCH3 is 1. The van der Waals surface area contributed by atoms with E-state index >= 15 is 0 Å². The number of rotatable bonds is 9. The summed E-state index contributed by atoms with van der Waals surface area (Å²) in [5, 5.41) is 2.96. The summed E-state index contributed by atoms with van der Waals surface area (Å²) in [6.07, 6.45) is 6.98. The summed E-state index contributed by atoms with van der Waals surface area (Å²) in [4.78, 5) is 26.2. The Hall–Kier alpha value is -2.86. The molecule has 27 heavy (non-hydrogen) atoms. The number of nitrogens with zero attached hydrogens (tertiary/aromatic N) is 1. The summed E-state index contributed by atoms with van der Waals surface area (Å²) >= 11 is 0. The third-order valence-electron chi connectivity index (χ3n) is 4.31. The Labute approximate surface area is 158 Å². The van der Waals surface area contributed by atoms with Gasteiger partial charge in [-0.1, -0.05) is 12.1 Å². The van der Waals surface area contributed by atoms with Crippen LogP contribution in [-0.4, -0.2) is 43.0 Å². The zero-order valence-electron chi connectivity index (χ0n) is 15.4. The maximum absolute atomic E-state index is 12.5. The normalized spacial score (nSPS) is 13.7. The van der Waals surface area contributed by atoms with E-state index in [4.69, 9.17) is 9.15 Å². The summed E-state index contributed by atoms with van der Waals surface area (Å²) in [6.45, 7) is 1.31. The molecule has 1 aliphatic carbocycles. The van der Waals surface area contributed by atoms with Gasteiger partial charge in [0.05, 0.1) is 19.4 Å². The number of hydrogen-bond acceptors (Lipinski definition) is 4. The Morgan fingerprint density at radius 3 is 2.67 bits per heavy atom. The van der Waals surface area contributed by atoms with Crippen LogP contribution >= 0.6 is 0 Å². The fourth-order valence-corrected chi connectivity index (χ4v) is 2.57. The summed E-state index contributed by atoms with van der Waals surface area (Å²) < 4.78 is 10.4.